The molecule has 0 radical (unpaired) electrons. The van der Waals surface area contributed by atoms with Crippen LogP contribution in [0.4, 0.5) is 0 Å². The molecule has 0 bridgehead atoms. The Morgan fingerprint density at radius 1 is 1.33 bits per heavy atom. The highest BCUT2D eigenvalue weighted by molar-refractivity contribution is 7.11. The summed E-state index contributed by atoms with van der Waals surface area (Å²) in [7, 11) is 0. The lowest BCUT2D eigenvalue weighted by molar-refractivity contribution is -0.124. The molecule has 3 nitrogen and oxygen atoms in total. The second kappa shape index (κ2) is 4.75. The highest BCUT2D eigenvalue weighted by Crippen LogP contribution is 2.24. The molecule has 84 valence electrons. The van der Waals surface area contributed by atoms with Gasteiger partial charge in [-0.3, -0.25) is 4.79 Å². The van der Waals surface area contributed by atoms with E-state index in [1.165, 1.54) is 0 Å². The molecule has 15 heavy (non-hydrogen) atoms. The van der Waals surface area contributed by atoms with E-state index < -0.39 is 0 Å². The Morgan fingerprint density at radius 2 is 1.93 bits per heavy atom. The summed E-state index contributed by atoms with van der Waals surface area (Å²) >= 11 is 1.65. The smallest absolute Gasteiger partial charge is 0.223 e. The Hall–Kier alpha value is -0.900. The molecule has 1 atom stereocenters. The van der Waals surface area contributed by atoms with Gasteiger partial charge in [-0.05, 0) is 20.8 Å². The van der Waals surface area contributed by atoms with Crippen LogP contribution in [0.15, 0.2) is 0 Å². The van der Waals surface area contributed by atoms with Gasteiger partial charge in [-0.1, -0.05) is 13.8 Å². The molecule has 1 rings (SSSR count). The number of nitrogens with one attached hydrogen (secondary N) is 1. The van der Waals surface area contributed by atoms with Crippen molar-refractivity contribution >= 4 is 17.2 Å². The summed E-state index contributed by atoms with van der Waals surface area (Å²) in [5.74, 6) is 0.120. The summed E-state index contributed by atoms with van der Waals surface area (Å²) in [5.41, 5.74) is 1.02. The highest BCUT2D eigenvalue weighted by atomic mass is 32.1. The summed E-state index contributed by atoms with van der Waals surface area (Å²) in [6, 6.07) is 0.0612. The average molecular weight is 226 g/mol. The van der Waals surface area contributed by atoms with Gasteiger partial charge in [0, 0.05) is 10.8 Å². The molecule has 0 aromatic carbocycles. The lowest BCUT2D eigenvalue weighted by atomic mass is 10.1. The number of aryl methyl sites for hydroxylation is 2. The number of nitrogens with zero attached hydrogens (tertiary/aromatic N) is 1. The molecule has 1 amide bonds. The number of rotatable bonds is 3. The number of hydrogen-bond donors (Lipinski definition) is 1. The second-order valence-corrected chi connectivity index (χ2v) is 5.30. The first-order chi connectivity index (χ1) is 6.91. The van der Waals surface area contributed by atoms with Crippen LogP contribution >= 0.6 is 11.3 Å². The van der Waals surface area contributed by atoms with Crippen LogP contribution in [0, 0.1) is 19.8 Å². The van der Waals surface area contributed by atoms with E-state index in [2.05, 4.69) is 10.3 Å². The van der Waals surface area contributed by atoms with Crippen molar-refractivity contribution in [3.05, 3.63) is 15.6 Å². The Morgan fingerprint density at radius 3 is 2.33 bits per heavy atom. The van der Waals surface area contributed by atoms with Crippen LogP contribution in [0.5, 0.6) is 0 Å². The topological polar surface area (TPSA) is 42.0 Å². The number of amides is 1. The fraction of sp³-hybridized carbons (Fsp3) is 0.636. The molecule has 0 saturated carbocycles. The molecule has 0 spiro atoms. The van der Waals surface area contributed by atoms with Crippen molar-refractivity contribution in [3.63, 3.8) is 0 Å². The van der Waals surface area contributed by atoms with Crippen molar-refractivity contribution in [2.75, 3.05) is 0 Å². The van der Waals surface area contributed by atoms with E-state index in [0.717, 1.165) is 15.6 Å². The van der Waals surface area contributed by atoms with Crippen LogP contribution in [-0.4, -0.2) is 10.9 Å². The minimum Gasteiger partial charge on any atom is -0.348 e. The quantitative estimate of drug-likeness (QED) is 0.860. The molecule has 0 unspecified atom stereocenters. The highest BCUT2D eigenvalue weighted by Gasteiger charge is 2.16. The van der Waals surface area contributed by atoms with Crippen molar-refractivity contribution in [3.8, 4) is 0 Å². The first-order valence-electron chi connectivity index (χ1n) is 5.16. The first-order valence-corrected chi connectivity index (χ1v) is 5.97. The number of thiazole rings is 1. The predicted octanol–water partition coefficient (Wildman–Crippen LogP) is 2.59. The van der Waals surface area contributed by atoms with Gasteiger partial charge in [-0.15, -0.1) is 11.3 Å². The van der Waals surface area contributed by atoms with Gasteiger partial charge in [0.1, 0.15) is 0 Å². The Kier molecular flexibility index (Phi) is 3.85. The SMILES string of the molecule is Cc1nc(C)c([C@H](C)NC(=O)C(C)C)s1. The van der Waals surface area contributed by atoms with Crippen molar-refractivity contribution in [2.24, 2.45) is 5.92 Å². The van der Waals surface area contributed by atoms with E-state index in [9.17, 15) is 4.79 Å². The maximum Gasteiger partial charge on any atom is 0.223 e. The molecule has 0 aliphatic carbocycles. The molecule has 4 heteroatoms. The number of carbonyl (C=O) groups is 1. The number of hydrogen-bond acceptors (Lipinski definition) is 3. The maximum atomic E-state index is 11.5. The third-order valence-electron chi connectivity index (χ3n) is 2.22. The molecule has 0 fully saturated rings. The lowest BCUT2D eigenvalue weighted by Crippen LogP contribution is -2.30. The van der Waals surface area contributed by atoms with Crippen molar-refractivity contribution in [1.82, 2.24) is 10.3 Å². The van der Waals surface area contributed by atoms with Crippen LogP contribution in [0.3, 0.4) is 0 Å². The van der Waals surface area contributed by atoms with E-state index in [1.54, 1.807) is 11.3 Å². The fourth-order valence-corrected chi connectivity index (χ4v) is 2.32. The van der Waals surface area contributed by atoms with E-state index in [0.29, 0.717) is 0 Å². The van der Waals surface area contributed by atoms with Crippen LogP contribution < -0.4 is 5.32 Å². The molecule has 1 aromatic heterocycles. The Labute approximate surface area is 94.9 Å². The zero-order valence-corrected chi connectivity index (χ0v) is 10.7. The molecular weight excluding hydrogens is 208 g/mol. The van der Waals surface area contributed by atoms with E-state index in [-0.39, 0.29) is 17.9 Å². The molecular formula is C11H18N2OS. The summed E-state index contributed by atoms with van der Waals surface area (Å²) in [6.07, 6.45) is 0. The molecule has 1 heterocycles. The van der Waals surface area contributed by atoms with Gasteiger partial charge >= 0.3 is 0 Å². The van der Waals surface area contributed by atoms with Crippen molar-refractivity contribution < 1.29 is 4.79 Å². The van der Waals surface area contributed by atoms with Crippen LogP contribution in [0.25, 0.3) is 0 Å². The fourth-order valence-electron chi connectivity index (χ4n) is 1.39. The molecule has 0 saturated heterocycles. The number of carbonyl (C=O) groups excluding carboxylic acids is 1. The summed E-state index contributed by atoms with van der Waals surface area (Å²) < 4.78 is 0. The molecule has 1 N–H and O–H groups in total. The van der Waals surface area contributed by atoms with Gasteiger partial charge in [0.15, 0.2) is 0 Å². The average Bonchev–Trinajstić information content (AvgIpc) is 2.44. The third-order valence-corrected chi connectivity index (χ3v) is 3.47. The summed E-state index contributed by atoms with van der Waals surface area (Å²) in [4.78, 5) is 17.0. The van der Waals surface area contributed by atoms with E-state index >= 15 is 0 Å². The van der Waals surface area contributed by atoms with Gasteiger partial charge in [-0.2, -0.15) is 0 Å². The molecule has 0 aliphatic rings. The standard InChI is InChI=1S/C11H18N2OS/c1-6(2)11(14)13-8(4)10-7(3)12-9(5)15-10/h6,8H,1-5H3,(H,13,14)/t8-/m0/s1. The van der Waals surface area contributed by atoms with Crippen LogP contribution in [0.1, 0.15) is 42.4 Å². The summed E-state index contributed by atoms with van der Waals surface area (Å²) in [5, 5.41) is 4.03. The molecule has 0 aliphatic heterocycles. The van der Waals surface area contributed by atoms with Gasteiger partial charge in [0.2, 0.25) is 5.91 Å². The van der Waals surface area contributed by atoms with Crippen LogP contribution in [-0.2, 0) is 4.79 Å². The maximum absolute atomic E-state index is 11.5. The zero-order valence-electron chi connectivity index (χ0n) is 9.92. The predicted molar refractivity (Wildman–Crippen MR) is 63.0 cm³/mol. The zero-order chi connectivity index (χ0) is 11.6. The van der Waals surface area contributed by atoms with Gasteiger partial charge in [0.25, 0.3) is 0 Å². The van der Waals surface area contributed by atoms with Gasteiger partial charge in [0.05, 0.1) is 16.7 Å². The largest absolute Gasteiger partial charge is 0.348 e. The second-order valence-electron chi connectivity index (χ2n) is 4.07. The van der Waals surface area contributed by atoms with Gasteiger partial charge in [-0.25, -0.2) is 4.98 Å². The normalized spacial score (nSPS) is 12.9. The van der Waals surface area contributed by atoms with Crippen molar-refractivity contribution in [2.45, 2.75) is 40.7 Å². The monoisotopic (exact) mass is 226 g/mol. The number of aromatic nitrogens is 1. The first kappa shape index (κ1) is 12.2. The van der Waals surface area contributed by atoms with E-state index in [4.69, 9.17) is 0 Å². The molecule has 1 aromatic rings. The van der Waals surface area contributed by atoms with Crippen LogP contribution in [0.2, 0.25) is 0 Å². The van der Waals surface area contributed by atoms with Gasteiger partial charge < -0.3 is 5.32 Å². The minimum absolute atomic E-state index is 0.0294. The van der Waals surface area contributed by atoms with E-state index in [1.807, 2.05) is 34.6 Å². The minimum atomic E-state index is 0.0294. The Bertz CT molecular complexity index is 357. The third kappa shape index (κ3) is 3.02. The summed E-state index contributed by atoms with van der Waals surface area (Å²) in [6.45, 7) is 9.76. The van der Waals surface area contributed by atoms with Crippen molar-refractivity contribution in [1.29, 1.82) is 0 Å². The Balaban J connectivity index is 2.73. The lowest BCUT2D eigenvalue weighted by Gasteiger charge is -2.14.